The number of ether oxygens (including phenoxy) is 1. The Balaban J connectivity index is 1.42. The summed E-state index contributed by atoms with van der Waals surface area (Å²) < 4.78 is 21.2. The third-order valence-electron chi connectivity index (χ3n) is 7.22. The normalized spacial score (nSPS) is 23.9. The first-order chi connectivity index (χ1) is 18.4. The second-order valence-electron chi connectivity index (χ2n) is 10.2. The number of benzene rings is 2. The van der Waals surface area contributed by atoms with Crippen LogP contribution < -0.4 is 4.90 Å². The van der Waals surface area contributed by atoms with E-state index in [1.54, 1.807) is 24.7 Å². The Bertz CT molecular complexity index is 1310. The number of carbonyl (C=O) groups is 1. The SMILES string of the molecule is CC1CN(c2ccc(C(=O)N3CCC(O)C(n4ccnc4)CC3)cc2C#Cc2ccc(F)cc2)CC(C)O1. The molecule has 2 saturated heterocycles. The van der Waals surface area contributed by atoms with Crippen LogP contribution >= 0.6 is 0 Å². The number of hydrogen-bond donors (Lipinski definition) is 1. The highest BCUT2D eigenvalue weighted by Crippen LogP contribution is 2.28. The zero-order chi connectivity index (χ0) is 26.6. The second-order valence-corrected chi connectivity index (χ2v) is 10.2. The molecule has 1 amide bonds. The van der Waals surface area contributed by atoms with Crippen LogP contribution in [0.25, 0.3) is 0 Å². The quantitative estimate of drug-likeness (QED) is 0.536. The number of aliphatic hydroxyl groups excluding tert-OH is 1. The van der Waals surface area contributed by atoms with Crippen LogP contribution in [0.4, 0.5) is 10.1 Å². The van der Waals surface area contributed by atoms with E-state index >= 15 is 0 Å². The van der Waals surface area contributed by atoms with E-state index in [-0.39, 0.29) is 30.0 Å². The maximum atomic E-state index is 13.6. The van der Waals surface area contributed by atoms with Crippen molar-refractivity contribution in [2.75, 3.05) is 31.1 Å². The van der Waals surface area contributed by atoms with Crippen LogP contribution in [-0.4, -0.2) is 70.0 Å². The number of aliphatic hydroxyl groups is 1. The van der Waals surface area contributed by atoms with Gasteiger partial charge in [-0.1, -0.05) is 11.8 Å². The number of rotatable bonds is 3. The van der Waals surface area contributed by atoms with Gasteiger partial charge in [0.15, 0.2) is 0 Å². The van der Waals surface area contributed by atoms with Gasteiger partial charge in [-0.25, -0.2) is 9.37 Å². The molecule has 0 aliphatic carbocycles. The van der Waals surface area contributed by atoms with Gasteiger partial charge in [0.2, 0.25) is 0 Å². The van der Waals surface area contributed by atoms with Crippen LogP contribution in [0.1, 0.15) is 54.2 Å². The van der Waals surface area contributed by atoms with Crippen molar-refractivity contribution < 1.29 is 19.0 Å². The Kier molecular flexibility index (Phi) is 7.77. The maximum absolute atomic E-state index is 13.6. The number of amides is 1. The summed E-state index contributed by atoms with van der Waals surface area (Å²) in [6.45, 7) is 6.56. The van der Waals surface area contributed by atoms with Crippen molar-refractivity contribution in [3.8, 4) is 11.8 Å². The Morgan fingerprint density at radius 3 is 2.50 bits per heavy atom. The lowest BCUT2D eigenvalue weighted by Crippen LogP contribution is -2.45. The molecule has 198 valence electrons. The van der Waals surface area contributed by atoms with E-state index in [0.717, 1.165) is 24.3 Å². The fourth-order valence-electron chi connectivity index (χ4n) is 5.36. The van der Waals surface area contributed by atoms with Gasteiger partial charge in [0.1, 0.15) is 5.82 Å². The highest BCUT2D eigenvalue weighted by molar-refractivity contribution is 5.95. The van der Waals surface area contributed by atoms with Crippen LogP contribution in [0.5, 0.6) is 0 Å². The predicted octanol–water partition coefficient (Wildman–Crippen LogP) is 3.87. The molecule has 0 saturated carbocycles. The molecular formula is C30H33FN4O3. The molecule has 38 heavy (non-hydrogen) atoms. The highest BCUT2D eigenvalue weighted by atomic mass is 19.1. The van der Waals surface area contributed by atoms with Gasteiger partial charge >= 0.3 is 0 Å². The minimum absolute atomic E-state index is 0.0740. The average Bonchev–Trinajstić information content (AvgIpc) is 3.36. The topological polar surface area (TPSA) is 70.8 Å². The van der Waals surface area contributed by atoms with E-state index in [4.69, 9.17) is 4.74 Å². The Morgan fingerprint density at radius 1 is 1.05 bits per heavy atom. The lowest BCUT2D eigenvalue weighted by Gasteiger charge is -2.37. The Labute approximate surface area is 222 Å². The zero-order valence-corrected chi connectivity index (χ0v) is 21.8. The summed E-state index contributed by atoms with van der Waals surface area (Å²) in [6.07, 6.45) is 6.00. The zero-order valence-electron chi connectivity index (χ0n) is 21.8. The Morgan fingerprint density at radius 2 is 1.79 bits per heavy atom. The van der Waals surface area contributed by atoms with Crippen molar-refractivity contribution in [2.45, 2.75) is 51.0 Å². The monoisotopic (exact) mass is 516 g/mol. The number of carbonyl (C=O) groups excluding carboxylic acids is 1. The molecule has 1 N–H and O–H groups in total. The summed E-state index contributed by atoms with van der Waals surface area (Å²) in [5.41, 5.74) is 2.95. The molecule has 3 aromatic rings. The molecule has 4 unspecified atom stereocenters. The van der Waals surface area contributed by atoms with Crippen LogP contribution in [0.3, 0.4) is 0 Å². The smallest absolute Gasteiger partial charge is 0.253 e. The highest BCUT2D eigenvalue weighted by Gasteiger charge is 2.29. The van der Waals surface area contributed by atoms with E-state index in [9.17, 15) is 14.3 Å². The number of aromatic nitrogens is 2. The molecule has 0 bridgehead atoms. The van der Waals surface area contributed by atoms with E-state index in [0.29, 0.717) is 37.1 Å². The minimum atomic E-state index is -0.549. The second kappa shape index (κ2) is 11.4. The largest absolute Gasteiger partial charge is 0.391 e. The van der Waals surface area contributed by atoms with E-state index in [1.165, 1.54) is 12.1 Å². The number of morpholine rings is 1. The van der Waals surface area contributed by atoms with Gasteiger partial charge in [0, 0.05) is 55.3 Å². The van der Waals surface area contributed by atoms with Gasteiger partial charge in [-0.15, -0.1) is 0 Å². The standard InChI is InChI=1S/C30H33FN4O3/c1-21-18-35(19-22(2)38-21)27-10-7-25(17-24(27)6-3-23-4-8-26(31)9-5-23)30(37)33-14-11-28(29(36)12-15-33)34-16-13-32-20-34/h4-5,7-10,13,16-17,20-22,28-29,36H,11-12,14-15,18-19H2,1-2H3. The molecule has 2 fully saturated rings. The van der Waals surface area contributed by atoms with Crippen LogP contribution in [0.2, 0.25) is 0 Å². The summed E-state index contributed by atoms with van der Waals surface area (Å²) in [4.78, 5) is 21.8. The predicted molar refractivity (Wildman–Crippen MR) is 143 cm³/mol. The number of imidazole rings is 1. The van der Waals surface area contributed by atoms with Gasteiger partial charge in [0.25, 0.3) is 5.91 Å². The van der Waals surface area contributed by atoms with Gasteiger partial charge in [-0.05, 0) is 69.2 Å². The molecule has 4 atom stereocenters. The number of anilines is 1. The average molecular weight is 517 g/mol. The van der Waals surface area contributed by atoms with Crippen molar-refractivity contribution in [2.24, 2.45) is 0 Å². The molecule has 2 aromatic carbocycles. The van der Waals surface area contributed by atoms with Crippen molar-refractivity contribution in [3.05, 3.63) is 83.7 Å². The van der Waals surface area contributed by atoms with Gasteiger partial charge < -0.3 is 24.2 Å². The Hall–Kier alpha value is -3.67. The third kappa shape index (κ3) is 5.90. The molecule has 2 aliphatic heterocycles. The number of hydrogen-bond acceptors (Lipinski definition) is 5. The minimum Gasteiger partial charge on any atom is -0.391 e. The number of likely N-dealkylation sites (tertiary alicyclic amines) is 1. The molecule has 8 heteroatoms. The third-order valence-corrected chi connectivity index (χ3v) is 7.22. The first-order valence-electron chi connectivity index (χ1n) is 13.1. The molecule has 5 rings (SSSR count). The number of nitrogens with zero attached hydrogens (tertiary/aromatic N) is 4. The summed E-state index contributed by atoms with van der Waals surface area (Å²) in [7, 11) is 0. The molecule has 1 aromatic heterocycles. The van der Waals surface area contributed by atoms with Crippen molar-refractivity contribution >= 4 is 11.6 Å². The lowest BCUT2D eigenvalue weighted by molar-refractivity contribution is -0.00523. The van der Waals surface area contributed by atoms with E-state index in [1.807, 2.05) is 33.9 Å². The summed E-state index contributed by atoms with van der Waals surface area (Å²) in [6, 6.07) is 11.6. The van der Waals surface area contributed by atoms with Gasteiger partial charge in [0.05, 0.1) is 36.4 Å². The molecule has 0 spiro atoms. The summed E-state index contributed by atoms with van der Waals surface area (Å²) >= 11 is 0. The number of halogens is 1. The summed E-state index contributed by atoms with van der Waals surface area (Å²) in [5.74, 6) is 5.99. The fourth-order valence-corrected chi connectivity index (χ4v) is 5.36. The van der Waals surface area contributed by atoms with Crippen molar-refractivity contribution in [1.29, 1.82) is 0 Å². The molecule has 0 radical (unpaired) electrons. The van der Waals surface area contributed by atoms with Crippen molar-refractivity contribution in [1.82, 2.24) is 14.5 Å². The molecule has 7 nitrogen and oxygen atoms in total. The lowest BCUT2D eigenvalue weighted by atomic mass is 10.0. The molecule has 3 heterocycles. The van der Waals surface area contributed by atoms with Gasteiger partial charge in [-0.3, -0.25) is 4.79 Å². The van der Waals surface area contributed by atoms with E-state index in [2.05, 4.69) is 35.6 Å². The van der Waals surface area contributed by atoms with Crippen LogP contribution in [-0.2, 0) is 4.74 Å². The van der Waals surface area contributed by atoms with Crippen LogP contribution in [0.15, 0.2) is 61.2 Å². The first-order valence-corrected chi connectivity index (χ1v) is 13.1. The fraction of sp³-hybridized carbons (Fsp3) is 0.400. The molecule has 2 aliphatic rings. The van der Waals surface area contributed by atoms with Crippen LogP contribution in [0, 0.1) is 17.7 Å². The first kappa shape index (κ1) is 26.0. The van der Waals surface area contributed by atoms with E-state index < -0.39 is 6.10 Å². The maximum Gasteiger partial charge on any atom is 0.253 e. The van der Waals surface area contributed by atoms with Crippen molar-refractivity contribution in [3.63, 3.8) is 0 Å². The van der Waals surface area contributed by atoms with Gasteiger partial charge in [-0.2, -0.15) is 0 Å². The summed E-state index contributed by atoms with van der Waals surface area (Å²) in [5, 5.41) is 10.7. The molecular weight excluding hydrogens is 483 g/mol.